The van der Waals surface area contributed by atoms with Crippen LogP contribution in [0.2, 0.25) is 0 Å². The lowest BCUT2D eigenvalue weighted by molar-refractivity contribution is 0.308. The highest BCUT2D eigenvalue weighted by Crippen LogP contribution is 2.34. The molecule has 4 rings (SSSR count). The molecule has 0 amide bonds. The van der Waals surface area contributed by atoms with E-state index in [1.54, 1.807) is 13.2 Å². The fourth-order valence-corrected chi connectivity index (χ4v) is 4.27. The molecule has 6 heteroatoms. The largest absolute Gasteiger partial charge is 0.496 e. The Morgan fingerprint density at radius 2 is 2.00 bits per heavy atom. The highest BCUT2D eigenvalue weighted by Gasteiger charge is 2.23. The Morgan fingerprint density at radius 1 is 1.17 bits per heavy atom. The van der Waals surface area contributed by atoms with Crippen LogP contribution in [-0.4, -0.2) is 32.0 Å². The molecule has 0 unspecified atom stereocenters. The van der Waals surface area contributed by atoms with Crippen molar-refractivity contribution >= 4 is 11.0 Å². The third kappa shape index (κ3) is 4.43. The van der Waals surface area contributed by atoms with Crippen LogP contribution < -0.4 is 14.8 Å². The quantitative estimate of drug-likeness (QED) is 0.527. The zero-order chi connectivity index (χ0) is 20.9. The SMILES string of the molecule is CCc1ccc(OCCCc2cc(F)cc3onc(C4CCNCC4)c23)cc1OC. The molecule has 1 saturated heterocycles. The van der Waals surface area contributed by atoms with Gasteiger partial charge in [0.25, 0.3) is 0 Å². The van der Waals surface area contributed by atoms with Crippen molar-refractivity contribution in [3.05, 3.63) is 53.0 Å². The van der Waals surface area contributed by atoms with Crippen molar-refractivity contribution in [2.24, 2.45) is 0 Å². The zero-order valence-corrected chi connectivity index (χ0v) is 17.7. The van der Waals surface area contributed by atoms with Crippen LogP contribution in [0, 0.1) is 5.82 Å². The highest BCUT2D eigenvalue weighted by molar-refractivity contribution is 5.84. The van der Waals surface area contributed by atoms with Crippen LogP contribution in [0.4, 0.5) is 4.39 Å². The number of nitrogens with zero attached hydrogens (tertiary/aromatic N) is 1. The van der Waals surface area contributed by atoms with Gasteiger partial charge in [-0.15, -0.1) is 0 Å². The number of aryl methyl sites for hydroxylation is 2. The number of benzene rings is 2. The molecule has 0 atom stereocenters. The number of halogens is 1. The van der Waals surface area contributed by atoms with Crippen molar-refractivity contribution in [3.8, 4) is 11.5 Å². The minimum absolute atomic E-state index is 0.286. The first-order valence-corrected chi connectivity index (χ1v) is 10.8. The van der Waals surface area contributed by atoms with Gasteiger partial charge in [-0.05, 0) is 68.5 Å². The third-order valence-electron chi connectivity index (χ3n) is 5.87. The summed E-state index contributed by atoms with van der Waals surface area (Å²) in [6.07, 6.45) is 4.44. The van der Waals surface area contributed by atoms with Crippen LogP contribution in [0.5, 0.6) is 11.5 Å². The van der Waals surface area contributed by atoms with Crippen LogP contribution in [0.15, 0.2) is 34.9 Å². The average Bonchev–Trinajstić information content (AvgIpc) is 3.21. The van der Waals surface area contributed by atoms with Crippen LogP contribution in [0.3, 0.4) is 0 Å². The number of piperidine rings is 1. The molecular weight excluding hydrogens is 383 g/mol. The van der Waals surface area contributed by atoms with E-state index in [0.717, 1.165) is 72.5 Å². The molecule has 1 aliphatic rings. The fraction of sp³-hybridized carbons (Fsp3) is 0.458. The number of aromatic nitrogens is 1. The van der Waals surface area contributed by atoms with Crippen molar-refractivity contribution in [2.75, 3.05) is 26.8 Å². The molecule has 3 aromatic rings. The van der Waals surface area contributed by atoms with E-state index in [2.05, 4.69) is 17.4 Å². The summed E-state index contributed by atoms with van der Waals surface area (Å²) in [5.74, 6) is 1.70. The summed E-state index contributed by atoms with van der Waals surface area (Å²) in [5.41, 5.74) is 3.62. The number of ether oxygens (including phenoxy) is 2. The van der Waals surface area contributed by atoms with E-state index in [0.29, 0.717) is 24.5 Å². The first-order chi connectivity index (χ1) is 14.7. The fourth-order valence-electron chi connectivity index (χ4n) is 4.27. The maximum atomic E-state index is 14.1. The Balaban J connectivity index is 1.45. The number of fused-ring (bicyclic) bond motifs is 1. The Morgan fingerprint density at radius 3 is 2.77 bits per heavy atom. The van der Waals surface area contributed by atoms with Crippen LogP contribution in [0.1, 0.15) is 48.9 Å². The van der Waals surface area contributed by atoms with Gasteiger partial charge < -0.3 is 19.3 Å². The van der Waals surface area contributed by atoms with E-state index in [1.807, 2.05) is 18.2 Å². The summed E-state index contributed by atoms with van der Waals surface area (Å²) in [5, 5.41) is 8.68. The monoisotopic (exact) mass is 412 g/mol. The molecule has 5 nitrogen and oxygen atoms in total. The van der Waals surface area contributed by atoms with E-state index in [1.165, 1.54) is 6.07 Å². The van der Waals surface area contributed by atoms with Crippen molar-refractivity contribution < 1.29 is 18.4 Å². The first kappa shape index (κ1) is 20.7. The van der Waals surface area contributed by atoms with E-state index in [4.69, 9.17) is 14.0 Å². The van der Waals surface area contributed by atoms with Crippen molar-refractivity contribution in [1.82, 2.24) is 10.5 Å². The van der Waals surface area contributed by atoms with Crippen molar-refractivity contribution in [3.63, 3.8) is 0 Å². The summed E-state index contributed by atoms with van der Waals surface area (Å²) in [6, 6.07) is 8.98. The van der Waals surface area contributed by atoms with Gasteiger partial charge in [0.05, 0.1) is 19.4 Å². The van der Waals surface area contributed by atoms with Gasteiger partial charge in [0, 0.05) is 23.4 Å². The van der Waals surface area contributed by atoms with Gasteiger partial charge in [-0.2, -0.15) is 0 Å². The predicted molar refractivity (Wildman–Crippen MR) is 115 cm³/mol. The Labute approximate surface area is 176 Å². The molecular formula is C24H29FN2O3. The molecule has 1 N–H and O–H groups in total. The van der Waals surface area contributed by atoms with Gasteiger partial charge in [0.1, 0.15) is 17.3 Å². The van der Waals surface area contributed by atoms with E-state index in [-0.39, 0.29) is 5.82 Å². The molecule has 2 aromatic carbocycles. The number of nitrogens with one attached hydrogen (secondary N) is 1. The lowest BCUT2D eigenvalue weighted by atomic mass is 9.90. The lowest BCUT2D eigenvalue weighted by Gasteiger charge is -2.21. The van der Waals surface area contributed by atoms with Gasteiger partial charge in [-0.25, -0.2) is 4.39 Å². The molecule has 160 valence electrons. The van der Waals surface area contributed by atoms with Crippen molar-refractivity contribution in [2.45, 2.75) is 44.9 Å². The van der Waals surface area contributed by atoms with Gasteiger partial charge in [0.2, 0.25) is 0 Å². The highest BCUT2D eigenvalue weighted by atomic mass is 19.1. The van der Waals surface area contributed by atoms with Gasteiger partial charge in [-0.1, -0.05) is 18.1 Å². The van der Waals surface area contributed by atoms with E-state index >= 15 is 0 Å². The second kappa shape index (κ2) is 9.47. The Hall–Kier alpha value is -2.60. The second-order valence-electron chi connectivity index (χ2n) is 7.81. The molecule has 2 heterocycles. The first-order valence-electron chi connectivity index (χ1n) is 10.8. The molecule has 1 aliphatic heterocycles. The standard InChI is InChI=1S/C24H29FN2O3/c1-3-16-6-7-20(15-21(16)28-2)29-12-4-5-18-13-19(25)14-22-23(18)24(27-30-22)17-8-10-26-11-9-17/h6-7,13-15,17,26H,3-5,8-12H2,1-2H3. The minimum Gasteiger partial charge on any atom is -0.496 e. The summed E-state index contributed by atoms with van der Waals surface area (Å²) >= 11 is 0. The second-order valence-corrected chi connectivity index (χ2v) is 7.81. The summed E-state index contributed by atoms with van der Waals surface area (Å²) in [4.78, 5) is 0. The van der Waals surface area contributed by atoms with Crippen LogP contribution in [-0.2, 0) is 12.8 Å². The molecule has 1 fully saturated rings. The smallest absolute Gasteiger partial charge is 0.170 e. The van der Waals surface area contributed by atoms with Gasteiger partial charge in [0.15, 0.2) is 5.58 Å². The number of rotatable bonds is 8. The molecule has 30 heavy (non-hydrogen) atoms. The van der Waals surface area contributed by atoms with Crippen LogP contribution >= 0.6 is 0 Å². The molecule has 0 spiro atoms. The van der Waals surface area contributed by atoms with E-state index < -0.39 is 0 Å². The lowest BCUT2D eigenvalue weighted by Crippen LogP contribution is -2.26. The maximum absolute atomic E-state index is 14.1. The van der Waals surface area contributed by atoms with Gasteiger partial charge in [-0.3, -0.25) is 0 Å². The molecule has 0 aliphatic carbocycles. The molecule has 0 radical (unpaired) electrons. The molecule has 0 saturated carbocycles. The minimum atomic E-state index is -0.286. The molecule has 0 bridgehead atoms. The summed E-state index contributed by atoms with van der Waals surface area (Å²) < 4.78 is 31.0. The molecule has 1 aromatic heterocycles. The summed E-state index contributed by atoms with van der Waals surface area (Å²) in [6.45, 7) is 4.59. The number of methoxy groups -OCH3 is 1. The van der Waals surface area contributed by atoms with E-state index in [9.17, 15) is 4.39 Å². The normalized spacial score (nSPS) is 14.9. The van der Waals surface area contributed by atoms with Crippen molar-refractivity contribution in [1.29, 1.82) is 0 Å². The van der Waals surface area contributed by atoms with Crippen LogP contribution in [0.25, 0.3) is 11.0 Å². The van der Waals surface area contributed by atoms with Gasteiger partial charge >= 0.3 is 0 Å². The topological polar surface area (TPSA) is 56.5 Å². The predicted octanol–water partition coefficient (Wildman–Crippen LogP) is 5.02. The maximum Gasteiger partial charge on any atom is 0.170 e. The zero-order valence-electron chi connectivity index (χ0n) is 17.7. The Bertz CT molecular complexity index is 996. The number of hydrogen-bond donors (Lipinski definition) is 1. The average molecular weight is 413 g/mol. The number of hydrogen-bond acceptors (Lipinski definition) is 5. The third-order valence-corrected chi connectivity index (χ3v) is 5.87. The summed E-state index contributed by atoms with van der Waals surface area (Å²) in [7, 11) is 1.67. The Kier molecular flexibility index (Phi) is 6.53.